The summed E-state index contributed by atoms with van der Waals surface area (Å²) in [6.45, 7) is 0. The molecule has 0 spiro atoms. The highest BCUT2D eigenvalue weighted by Gasteiger charge is 2.38. The molecule has 2 heterocycles. The molecule has 20 heavy (non-hydrogen) atoms. The first-order valence-electron chi connectivity index (χ1n) is 6.82. The standard InChI is InChI=1S/C15H15N3OS/c16-15(6-3-7-15)14-17-13(19-18-14)8-10-9-20-12-5-2-1-4-11(10)12/h1-2,4-5,9H,3,6-8,16H2. The molecule has 0 aliphatic heterocycles. The second-order valence-electron chi connectivity index (χ2n) is 5.46. The van der Waals surface area contributed by atoms with Crippen LogP contribution in [0, 0.1) is 0 Å². The summed E-state index contributed by atoms with van der Waals surface area (Å²) in [7, 11) is 0. The summed E-state index contributed by atoms with van der Waals surface area (Å²) in [4.78, 5) is 4.49. The molecule has 0 unspecified atom stereocenters. The monoisotopic (exact) mass is 285 g/mol. The molecule has 4 rings (SSSR count). The van der Waals surface area contributed by atoms with Gasteiger partial charge in [0.25, 0.3) is 0 Å². The first-order valence-corrected chi connectivity index (χ1v) is 7.70. The molecule has 1 aromatic carbocycles. The third-order valence-electron chi connectivity index (χ3n) is 4.06. The Morgan fingerprint density at radius 1 is 1.30 bits per heavy atom. The van der Waals surface area contributed by atoms with Gasteiger partial charge in [-0.2, -0.15) is 4.98 Å². The fourth-order valence-electron chi connectivity index (χ4n) is 2.64. The largest absolute Gasteiger partial charge is 0.339 e. The van der Waals surface area contributed by atoms with Crippen molar-refractivity contribution < 1.29 is 4.52 Å². The molecule has 0 radical (unpaired) electrons. The highest BCUT2D eigenvalue weighted by atomic mass is 32.1. The van der Waals surface area contributed by atoms with Crippen LogP contribution in [0.15, 0.2) is 34.2 Å². The number of nitrogens with zero attached hydrogens (tertiary/aromatic N) is 2. The Morgan fingerprint density at radius 2 is 2.15 bits per heavy atom. The number of aromatic nitrogens is 2. The van der Waals surface area contributed by atoms with Gasteiger partial charge in [0.2, 0.25) is 5.89 Å². The lowest BCUT2D eigenvalue weighted by atomic mass is 9.77. The van der Waals surface area contributed by atoms with Gasteiger partial charge in [0.1, 0.15) is 0 Å². The maximum absolute atomic E-state index is 6.22. The molecular weight excluding hydrogens is 270 g/mol. The van der Waals surface area contributed by atoms with Crippen LogP contribution in [-0.4, -0.2) is 10.1 Å². The molecule has 1 fully saturated rings. The zero-order valence-electron chi connectivity index (χ0n) is 11.0. The van der Waals surface area contributed by atoms with E-state index in [1.54, 1.807) is 11.3 Å². The lowest BCUT2D eigenvalue weighted by Gasteiger charge is -2.34. The second-order valence-corrected chi connectivity index (χ2v) is 6.37. The summed E-state index contributed by atoms with van der Waals surface area (Å²) in [5.41, 5.74) is 7.11. The van der Waals surface area contributed by atoms with E-state index >= 15 is 0 Å². The molecule has 0 atom stereocenters. The van der Waals surface area contributed by atoms with Gasteiger partial charge in [0.05, 0.1) is 12.0 Å². The van der Waals surface area contributed by atoms with Crippen LogP contribution in [0.4, 0.5) is 0 Å². The Labute approximate surface area is 120 Å². The zero-order chi connectivity index (χ0) is 13.6. The molecule has 0 saturated heterocycles. The quantitative estimate of drug-likeness (QED) is 0.802. The average molecular weight is 285 g/mol. The number of hydrogen-bond donors (Lipinski definition) is 1. The van der Waals surface area contributed by atoms with Crippen LogP contribution in [-0.2, 0) is 12.0 Å². The van der Waals surface area contributed by atoms with E-state index in [0.717, 1.165) is 19.3 Å². The lowest BCUT2D eigenvalue weighted by molar-refractivity contribution is 0.229. The number of rotatable bonds is 3. The molecule has 5 heteroatoms. The average Bonchev–Trinajstić information content (AvgIpc) is 3.05. The van der Waals surface area contributed by atoms with Gasteiger partial charge in [-0.25, -0.2) is 0 Å². The first kappa shape index (κ1) is 12.1. The van der Waals surface area contributed by atoms with Crippen molar-refractivity contribution in [3.05, 3.63) is 46.9 Å². The highest BCUT2D eigenvalue weighted by Crippen LogP contribution is 2.37. The SMILES string of the molecule is NC1(c2noc(Cc3csc4ccccc34)n2)CCC1. The van der Waals surface area contributed by atoms with Crippen molar-refractivity contribution in [3.8, 4) is 0 Å². The van der Waals surface area contributed by atoms with E-state index in [9.17, 15) is 0 Å². The van der Waals surface area contributed by atoms with Crippen LogP contribution < -0.4 is 5.73 Å². The number of hydrogen-bond acceptors (Lipinski definition) is 5. The summed E-state index contributed by atoms with van der Waals surface area (Å²) in [6.07, 6.45) is 3.73. The predicted molar refractivity (Wildman–Crippen MR) is 78.6 cm³/mol. The van der Waals surface area contributed by atoms with E-state index in [1.807, 2.05) is 0 Å². The number of thiophene rings is 1. The van der Waals surface area contributed by atoms with Gasteiger partial charge >= 0.3 is 0 Å². The highest BCUT2D eigenvalue weighted by molar-refractivity contribution is 7.17. The van der Waals surface area contributed by atoms with Crippen LogP contribution in [0.25, 0.3) is 10.1 Å². The summed E-state index contributed by atoms with van der Waals surface area (Å²) in [6, 6.07) is 8.38. The van der Waals surface area contributed by atoms with Crippen LogP contribution in [0.1, 0.15) is 36.5 Å². The minimum absolute atomic E-state index is 0.349. The predicted octanol–water partition coefficient (Wildman–Crippen LogP) is 3.21. The van der Waals surface area contributed by atoms with E-state index in [1.165, 1.54) is 15.6 Å². The van der Waals surface area contributed by atoms with E-state index in [4.69, 9.17) is 10.3 Å². The van der Waals surface area contributed by atoms with Crippen LogP contribution in [0.5, 0.6) is 0 Å². The van der Waals surface area contributed by atoms with E-state index in [2.05, 4.69) is 39.8 Å². The third-order valence-corrected chi connectivity index (χ3v) is 5.07. The van der Waals surface area contributed by atoms with Crippen LogP contribution >= 0.6 is 11.3 Å². The third kappa shape index (κ3) is 1.85. The second kappa shape index (κ2) is 4.40. The Hall–Kier alpha value is -1.72. The maximum atomic E-state index is 6.22. The summed E-state index contributed by atoms with van der Waals surface area (Å²) >= 11 is 1.75. The van der Waals surface area contributed by atoms with Crippen molar-refractivity contribution in [3.63, 3.8) is 0 Å². The molecule has 2 aromatic heterocycles. The van der Waals surface area contributed by atoms with Crippen LogP contribution in [0.2, 0.25) is 0 Å². The van der Waals surface area contributed by atoms with Crippen molar-refractivity contribution in [2.45, 2.75) is 31.2 Å². The number of fused-ring (bicyclic) bond motifs is 1. The molecule has 1 aliphatic rings. The molecule has 2 N–H and O–H groups in total. The van der Waals surface area contributed by atoms with Crippen LogP contribution in [0.3, 0.4) is 0 Å². The van der Waals surface area contributed by atoms with Gasteiger partial charge in [-0.15, -0.1) is 11.3 Å². The van der Waals surface area contributed by atoms with Crippen molar-refractivity contribution in [2.75, 3.05) is 0 Å². The fraction of sp³-hybridized carbons (Fsp3) is 0.333. The van der Waals surface area contributed by atoms with E-state index in [-0.39, 0.29) is 5.54 Å². The summed E-state index contributed by atoms with van der Waals surface area (Å²) in [5.74, 6) is 1.32. The van der Waals surface area contributed by atoms with Crippen molar-refractivity contribution in [1.29, 1.82) is 0 Å². The van der Waals surface area contributed by atoms with Gasteiger partial charge in [0, 0.05) is 4.70 Å². The molecule has 1 aliphatic carbocycles. The first-order chi connectivity index (χ1) is 9.74. The molecular formula is C15H15N3OS. The van der Waals surface area contributed by atoms with E-state index < -0.39 is 0 Å². The van der Waals surface area contributed by atoms with Crippen molar-refractivity contribution >= 4 is 21.4 Å². The van der Waals surface area contributed by atoms with Gasteiger partial charge in [-0.1, -0.05) is 23.4 Å². The lowest BCUT2D eigenvalue weighted by Crippen LogP contribution is -2.44. The Bertz CT molecular complexity index is 757. The fourth-order valence-corrected chi connectivity index (χ4v) is 3.61. The smallest absolute Gasteiger partial charge is 0.231 e. The van der Waals surface area contributed by atoms with Crippen molar-refractivity contribution in [2.24, 2.45) is 5.73 Å². The molecule has 1 saturated carbocycles. The maximum Gasteiger partial charge on any atom is 0.231 e. The molecule has 0 amide bonds. The minimum atomic E-state index is -0.349. The number of nitrogens with two attached hydrogens (primary N) is 1. The molecule has 102 valence electrons. The van der Waals surface area contributed by atoms with E-state index in [0.29, 0.717) is 18.1 Å². The zero-order valence-corrected chi connectivity index (χ0v) is 11.8. The topological polar surface area (TPSA) is 64.9 Å². The normalized spacial score (nSPS) is 17.2. The Morgan fingerprint density at radius 3 is 2.95 bits per heavy atom. The number of benzene rings is 1. The molecule has 0 bridgehead atoms. The molecule has 4 nitrogen and oxygen atoms in total. The molecule has 3 aromatic rings. The van der Waals surface area contributed by atoms with Gasteiger partial charge in [0.15, 0.2) is 5.82 Å². The minimum Gasteiger partial charge on any atom is -0.339 e. The Kier molecular flexibility index (Phi) is 2.65. The van der Waals surface area contributed by atoms with Gasteiger partial charge in [-0.3, -0.25) is 0 Å². The van der Waals surface area contributed by atoms with Crippen molar-refractivity contribution in [1.82, 2.24) is 10.1 Å². The summed E-state index contributed by atoms with van der Waals surface area (Å²) < 4.78 is 6.66. The Balaban J connectivity index is 1.63. The summed E-state index contributed by atoms with van der Waals surface area (Å²) in [5, 5.41) is 7.49. The van der Waals surface area contributed by atoms with Gasteiger partial charge < -0.3 is 10.3 Å². The van der Waals surface area contributed by atoms with Gasteiger partial charge in [-0.05, 0) is 41.7 Å².